The van der Waals surface area contributed by atoms with Crippen molar-refractivity contribution in [1.82, 2.24) is 30.5 Å². The van der Waals surface area contributed by atoms with Gasteiger partial charge in [-0.05, 0) is 56.8 Å². The molecule has 14 heteroatoms. The van der Waals surface area contributed by atoms with Crippen LogP contribution in [-0.2, 0) is 29.2 Å². The molecule has 0 aromatic rings. The van der Waals surface area contributed by atoms with Crippen molar-refractivity contribution in [2.24, 2.45) is 23.2 Å². The smallest absolute Gasteiger partial charge is 0.315 e. The molecule has 0 spiro atoms. The molecule has 0 aromatic carbocycles. The molecule has 1 heterocycles. The maximum atomic E-state index is 14.3. The average molecular weight is 699 g/mol. The number of rotatable bonds is 16. The number of hydrogen-bond acceptors (Lipinski definition) is 7. The van der Waals surface area contributed by atoms with Crippen molar-refractivity contribution in [3.8, 4) is 0 Å². The van der Waals surface area contributed by atoms with E-state index in [1.807, 2.05) is 34.6 Å². The standard InChI is InChI=1S/C34H62N6O7S/c1-14-16-24(27(41)30(43)35-18-15-2)36-29(42)26-23(21(3)4)17-19-40(26)31(44)28(33(7,8)9)38-32(45)37-25(22(5)6)20-48(46,47)39(13)34(10,11)12/h15,21-26,28H,2,14,16-20H2,1,3-13H3,(H,35,43)(H,36,42)(H2,37,38,45)/t23-,24?,25-,26+,28-/m1/s1. The first kappa shape index (κ1) is 43.0. The molecule has 0 saturated carbocycles. The maximum absolute atomic E-state index is 14.3. The number of carbonyl (C=O) groups excluding carboxylic acids is 5. The van der Waals surface area contributed by atoms with Gasteiger partial charge in [0.15, 0.2) is 0 Å². The summed E-state index contributed by atoms with van der Waals surface area (Å²) in [6, 6.07) is -4.52. The molecule has 5 atom stereocenters. The van der Waals surface area contributed by atoms with E-state index in [1.54, 1.807) is 41.5 Å². The monoisotopic (exact) mass is 698 g/mol. The number of hydrogen-bond donors (Lipinski definition) is 4. The van der Waals surface area contributed by atoms with Crippen LogP contribution in [-0.4, -0.2) is 103 Å². The van der Waals surface area contributed by atoms with Gasteiger partial charge in [-0.2, -0.15) is 4.31 Å². The molecular weight excluding hydrogens is 636 g/mol. The SMILES string of the molecule is C=CCNC(=O)C(=O)C(CCC)NC(=O)[C@@H]1[C@@H](C(C)C)CCN1C(=O)[C@@H](NC(=O)N[C@H](CS(=O)(=O)N(C)C(C)(C)C)C(C)C)C(C)(C)C. The summed E-state index contributed by atoms with van der Waals surface area (Å²) in [6.07, 6.45) is 2.75. The van der Waals surface area contributed by atoms with Crippen LogP contribution in [0.4, 0.5) is 4.79 Å². The first-order valence-electron chi connectivity index (χ1n) is 17.0. The minimum atomic E-state index is -3.74. The largest absolute Gasteiger partial charge is 0.346 e. The van der Waals surface area contributed by atoms with Crippen LogP contribution in [0.3, 0.4) is 0 Å². The molecule has 1 aliphatic rings. The van der Waals surface area contributed by atoms with Gasteiger partial charge in [0.25, 0.3) is 5.91 Å². The van der Waals surface area contributed by atoms with Gasteiger partial charge in [0.1, 0.15) is 12.1 Å². The van der Waals surface area contributed by atoms with E-state index >= 15 is 0 Å². The molecule has 1 fully saturated rings. The fourth-order valence-electron chi connectivity index (χ4n) is 5.63. The second-order valence-electron chi connectivity index (χ2n) is 15.6. The van der Waals surface area contributed by atoms with Crippen LogP contribution in [0, 0.1) is 23.2 Å². The first-order valence-corrected chi connectivity index (χ1v) is 18.6. The molecule has 1 aliphatic heterocycles. The Bertz CT molecular complexity index is 1270. The molecule has 13 nitrogen and oxygen atoms in total. The van der Waals surface area contributed by atoms with Crippen LogP contribution in [0.5, 0.6) is 0 Å². The number of nitrogens with one attached hydrogen (secondary N) is 4. The lowest BCUT2D eigenvalue weighted by molar-refractivity contribution is -0.144. The van der Waals surface area contributed by atoms with Crippen molar-refractivity contribution in [3.05, 3.63) is 12.7 Å². The van der Waals surface area contributed by atoms with E-state index in [0.29, 0.717) is 12.8 Å². The summed E-state index contributed by atoms with van der Waals surface area (Å²) >= 11 is 0. The van der Waals surface area contributed by atoms with Gasteiger partial charge in [0, 0.05) is 31.7 Å². The second-order valence-corrected chi connectivity index (χ2v) is 17.6. The summed E-state index contributed by atoms with van der Waals surface area (Å²) in [5, 5.41) is 10.8. The van der Waals surface area contributed by atoms with Crippen molar-refractivity contribution < 1.29 is 32.4 Å². The molecule has 276 valence electrons. The molecular formula is C34H62N6O7S. The molecule has 1 saturated heterocycles. The van der Waals surface area contributed by atoms with E-state index in [0.717, 1.165) is 0 Å². The van der Waals surface area contributed by atoms with E-state index in [9.17, 15) is 32.4 Å². The fourth-order valence-corrected chi connectivity index (χ4v) is 7.61. The van der Waals surface area contributed by atoms with Gasteiger partial charge in [-0.25, -0.2) is 13.2 Å². The van der Waals surface area contributed by atoms with Gasteiger partial charge in [-0.3, -0.25) is 19.2 Å². The third kappa shape index (κ3) is 11.9. The van der Waals surface area contributed by atoms with Gasteiger partial charge in [-0.1, -0.05) is 67.9 Å². The van der Waals surface area contributed by atoms with Crippen LogP contribution < -0.4 is 21.3 Å². The third-order valence-electron chi connectivity index (χ3n) is 8.96. The van der Waals surface area contributed by atoms with Crippen LogP contribution in [0.25, 0.3) is 0 Å². The lowest BCUT2D eigenvalue weighted by atomic mass is 9.84. The molecule has 5 amide bonds. The summed E-state index contributed by atoms with van der Waals surface area (Å²) in [6.45, 7) is 24.0. The molecule has 0 aliphatic carbocycles. The predicted octanol–water partition coefficient (Wildman–Crippen LogP) is 2.81. The number of carbonyl (C=O) groups is 5. The number of likely N-dealkylation sites (tertiary alicyclic amines) is 1. The minimum absolute atomic E-state index is 0.0130. The Morgan fingerprint density at radius 1 is 0.979 bits per heavy atom. The summed E-state index contributed by atoms with van der Waals surface area (Å²) in [5.41, 5.74) is -1.44. The third-order valence-corrected chi connectivity index (χ3v) is 11.1. The summed E-state index contributed by atoms with van der Waals surface area (Å²) < 4.78 is 27.6. The average Bonchev–Trinajstić information content (AvgIpc) is 3.41. The topological polar surface area (TPSA) is 174 Å². The molecule has 0 radical (unpaired) electrons. The van der Waals surface area contributed by atoms with Gasteiger partial charge in [-0.15, -0.1) is 6.58 Å². The van der Waals surface area contributed by atoms with Crippen molar-refractivity contribution in [3.63, 3.8) is 0 Å². The molecule has 4 N–H and O–H groups in total. The number of ketones is 1. The zero-order valence-corrected chi connectivity index (χ0v) is 32.0. The van der Waals surface area contributed by atoms with E-state index in [4.69, 9.17) is 0 Å². The van der Waals surface area contributed by atoms with Crippen molar-refractivity contribution in [1.29, 1.82) is 0 Å². The lowest BCUT2D eigenvalue weighted by Crippen LogP contribution is -2.62. The Morgan fingerprint density at radius 2 is 1.56 bits per heavy atom. The Hall–Kier alpha value is -3.00. The van der Waals surface area contributed by atoms with E-state index < -0.39 is 74.7 Å². The predicted molar refractivity (Wildman–Crippen MR) is 188 cm³/mol. The first-order chi connectivity index (χ1) is 21.9. The Morgan fingerprint density at radius 3 is 2.02 bits per heavy atom. The van der Waals surface area contributed by atoms with Gasteiger partial charge in [0.05, 0.1) is 11.8 Å². The second kappa shape index (κ2) is 17.6. The van der Waals surface area contributed by atoms with Gasteiger partial charge in [0.2, 0.25) is 27.6 Å². The summed E-state index contributed by atoms with van der Waals surface area (Å²) in [5.74, 6) is -3.38. The van der Waals surface area contributed by atoms with Crippen LogP contribution in [0.1, 0.15) is 95.4 Å². The molecule has 1 rings (SSSR count). The summed E-state index contributed by atoms with van der Waals surface area (Å²) in [4.78, 5) is 68.5. The minimum Gasteiger partial charge on any atom is -0.346 e. The lowest BCUT2D eigenvalue weighted by Gasteiger charge is -2.37. The maximum Gasteiger partial charge on any atom is 0.315 e. The fraction of sp³-hybridized carbons (Fsp3) is 0.794. The quantitative estimate of drug-likeness (QED) is 0.142. The Balaban J connectivity index is 3.33. The zero-order chi connectivity index (χ0) is 37.4. The number of nitrogens with zero attached hydrogens (tertiary/aromatic N) is 2. The number of Topliss-reactive ketones (excluding diaryl/α,β-unsaturated/α-hetero) is 1. The van der Waals surface area contributed by atoms with Crippen molar-refractivity contribution >= 4 is 39.6 Å². The Kier molecular flexibility index (Phi) is 15.8. The number of amides is 5. The van der Waals surface area contributed by atoms with Gasteiger partial charge >= 0.3 is 6.03 Å². The highest BCUT2D eigenvalue weighted by atomic mass is 32.2. The van der Waals surface area contributed by atoms with Crippen molar-refractivity contribution in [2.75, 3.05) is 25.9 Å². The Labute approximate surface area is 288 Å². The normalized spacial score (nSPS) is 19.1. The molecule has 0 aromatic heterocycles. The highest BCUT2D eigenvalue weighted by molar-refractivity contribution is 7.89. The molecule has 48 heavy (non-hydrogen) atoms. The van der Waals surface area contributed by atoms with Gasteiger partial charge < -0.3 is 26.2 Å². The highest BCUT2D eigenvalue weighted by Crippen LogP contribution is 2.33. The van der Waals surface area contributed by atoms with E-state index in [-0.39, 0.29) is 43.0 Å². The zero-order valence-electron chi connectivity index (χ0n) is 31.2. The number of urea groups is 1. The van der Waals surface area contributed by atoms with Crippen LogP contribution in [0.2, 0.25) is 0 Å². The number of sulfonamides is 1. The van der Waals surface area contributed by atoms with Crippen LogP contribution in [0.15, 0.2) is 12.7 Å². The molecule has 0 bridgehead atoms. The highest BCUT2D eigenvalue weighted by Gasteiger charge is 2.48. The van der Waals surface area contributed by atoms with E-state index in [1.165, 1.54) is 22.3 Å². The van der Waals surface area contributed by atoms with Crippen molar-refractivity contribution in [2.45, 2.75) is 125 Å². The molecule has 1 unspecified atom stereocenters. The van der Waals surface area contributed by atoms with E-state index in [2.05, 4.69) is 27.8 Å². The van der Waals surface area contributed by atoms with Crippen LogP contribution >= 0.6 is 0 Å². The summed E-state index contributed by atoms with van der Waals surface area (Å²) in [7, 11) is -2.23.